The van der Waals surface area contributed by atoms with Gasteiger partial charge < -0.3 is 29.5 Å². The van der Waals surface area contributed by atoms with E-state index in [0.717, 1.165) is 40.8 Å². The predicted octanol–water partition coefficient (Wildman–Crippen LogP) is 2.18. The average Bonchev–Trinajstić information content (AvgIpc) is 3.28. The third-order valence-electron chi connectivity index (χ3n) is 7.63. The minimum atomic E-state index is -0.451. The first kappa shape index (κ1) is 24.3. The number of hydrogen-bond donors (Lipinski definition) is 2. The largest absolute Gasteiger partial charge is 0.497 e. The Bertz CT molecular complexity index is 1260. The van der Waals surface area contributed by atoms with Crippen LogP contribution in [0.25, 0.3) is 10.9 Å². The van der Waals surface area contributed by atoms with Crippen LogP contribution in [0.1, 0.15) is 40.5 Å². The molecule has 2 aliphatic heterocycles. The molecule has 0 radical (unpaired) electrons. The van der Waals surface area contributed by atoms with Gasteiger partial charge in [-0.05, 0) is 56.8 Å². The monoisotopic (exact) mass is 491 g/mol. The Hall–Kier alpha value is -3.43. The van der Waals surface area contributed by atoms with Gasteiger partial charge in [-0.25, -0.2) is 0 Å². The molecular weight excluding hydrogens is 458 g/mol. The number of fused-ring (bicyclic) bond motifs is 4. The van der Waals surface area contributed by atoms with E-state index < -0.39 is 6.04 Å². The predicted molar refractivity (Wildman–Crippen MR) is 136 cm³/mol. The van der Waals surface area contributed by atoms with Crippen LogP contribution < -0.4 is 4.74 Å². The molecule has 0 saturated carbocycles. The van der Waals surface area contributed by atoms with Crippen LogP contribution in [-0.2, 0) is 10.2 Å². The van der Waals surface area contributed by atoms with Crippen LogP contribution in [-0.4, -0.2) is 95.6 Å². The summed E-state index contributed by atoms with van der Waals surface area (Å²) in [5.41, 5.74) is 3.27. The number of likely N-dealkylation sites (tertiary alicyclic amines) is 1. The fraction of sp³-hybridized carbons (Fsp3) is 0.444. The number of aliphatic hydroxyl groups excluding tert-OH is 1. The van der Waals surface area contributed by atoms with Gasteiger partial charge in [0.1, 0.15) is 5.75 Å². The highest BCUT2D eigenvalue weighted by atomic mass is 16.5. The van der Waals surface area contributed by atoms with Gasteiger partial charge in [0, 0.05) is 65.7 Å². The minimum absolute atomic E-state index is 0.000668. The number of nitrogens with zero attached hydrogens (tertiary/aromatic N) is 4. The van der Waals surface area contributed by atoms with Crippen molar-refractivity contribution in [2.75, 3.05) is 54.0 Å². The van der Waals surface area contributed by atoms with Crippen LogP contribution in [0.3, 0.4) is 0 Å². The Kier molecular flexibility index (Phi) is 6.44. The Morgan fingerprint density at radius 1 is 1.19 bits per heavy atom. The third kappa shape index (κ3) is 4.12. The molecule has 9 nitrogen and oxygen atoms in total. The molecule has 2 N–H and O–H groups in total. The van der Waals surface area contributed by atoms with Crippen molar-refractivity contribution in [3.8, 4) is 5.75 Å². The van der Waals surface area contributed by atoms with Gasteiger partial charge in [-0.3, -0.25) is 14.6 Å². The number of ether oxygens (including phenoxy) is 1. The number of rotatable bonds is 5. The van der Waals surface area contributed by atoms with E-state index in [0.29, 0.717) is 25.2 Å². The molecule has 9 heteroatoms. The zero-order valence-corrected chi connectivity index (χ0v) is 21.0. The molecule has 5 rings (SSSR count). The van der Waals surface area contributed by atoms with Crippen LogP contribution in [0.2, 0.25) is 0 Å². The summed E-state index contributed by atoms with van der Waals surface area (Å²) >= 11 is 0. The lowest BCUT2D eigenvalue weighted by Crippen LogP contribution is -2.56. The van der Waals surface area contributed by atoms with E-state index in [2.05, 4.69) is 16.0 Å². The quantitative estimate of drug-likeness (QED) is 0.567. The summed E-state index contributed by atoms with van der Waals surface area (Å²) in [6, 6.07) is 9.00. The Labute approximate surface area is 210 Å². The molecule has 1 saturated heterocycles. The number of aromatic nitrogens is 2. The summed E-state index contributed by atoms with van der Waals surface area (Å²) in [5, 5.41) is 11.5. The van der Waals surface area contributed by atoms with Crippen molar-refractivity contribution < 1.29 is 19.4 Å². The van der Waals surface area contributed by atoms with Crippen molar-refractivity contribution in [2.45, 2.75) is 24.3 Å². The lowest BCUT2D eigenvalue weighted by molar-refractivity contribution is -0.138. The number of carbonyl (C=O) groups is 2. The highest BCUT2D eigenvalue weighted by molar-refractivity contribution is 5.94. The second kappa shape index (κ2) is 9.55. The van der Waals surface area contributed by atoms with Gasteiger partial charge >= 0.3 is 0 Å². The molecular formula is C27H33N5O4. The van der Waals surface area contributed by atoms with Gasteiger partial charge in [-0.15, -0.1) is 0 Å². The number of amides is 2. The lowest BCUT2D eigenvalue weighted by Gasteiger charge is -2.50. The molecule has 0 bridgehead atoms. The van der Waals surface area contributed by atoms with Crippen LogP contribution in [0.4, 0.5) is 0 Å². The zero-order chi connectivity index (χ0) is 25.4. The molecule has 190 valence electrons. The van der Waals surface area contributed by atoms with Crippen LogP contribution in [0.5, 0.6) is 5.75 Å². The molecule has 3 aromatic rings. The maximum Gasteiger partial charge on any atom is 0.253 e. The summed E-state index contributed by atoms with van der Waals surface area (Å²) in [6.45, 7) is 1.78. The van der Waals surface area contributed by atoms with Crippen LogP contribution >= 0.6 is 0 Å². The van der Waals surface area contributed by atoms with Crippen molar-refractivity contribution >= 4 is 22.7 Å². The van der Waals surface area contributed by atoms with Crippen LogP contribution in [0, 0.1) is 0 Å². The summed E-state index contributed by atoms with van der Waals surface area (Å²) in [4.78, 5) is 39.6. The maximum atomic E-state index is 13.4. The average molecular weight is 492 g/mol. The lowest BCUT2D eigenvalue weighted by atomic mass is 9.68. The Morgan fingerprint density at radius 2 is 1.92 bits per heavy atom. The van der Waals surface area contributed by atoms with Gasteiger partial charge in [0.15, 0.2) is 0 Å². The standard InChI is InChI=1S/C27H33N5O4/c1-30(2)15-23(34)32-17-27(8-12-31(13-9-27)26(35)18-6-10-28-11-7-18)24-20-5-4-19(36-3)14-21(20)29-25(24)22(32)16-33/h4-7,10-11,14,22,29,33H,8-9,12-13,15-17H2,1-3H3/t22-/m1/s1. The van der Waals surface area contributed by atoms with E-state index in [1.807, 2.05) is 40.9 Å². The number of nitrogens with one attached hydrogen (secondary N) is 1. The van der Waals surface area contributed by atoms with E-state index in [-0.39, 0.29) is 30.4 Å². The molecule has 2 aliphatic rings. The highest BCUT2D eigenvalue weighted by Crippen LogP contribution is 2.49. The number of methoxy groups -OCH3 is 1. The van der Waals surface area contributed by atoms with Crippen molar-refractivity contribution in [3.63, 3.8) is 0 Å². The first-order valence-corrected chi connectivity index (χ1v) is 12.3. The van der Waals surface area contributed by atoms with Gasteiger partial charge in [0.25, 0.3) is 5.91 Å². The van der Waals surface area contributed by atoms with Gasteiger partial charge in [-0.2, -0.15) is 0 Å². The minimum Gasteiger partial charge on any atom is -0.497 e. The molecule has 2 amide bonds. The number of piperidine rings is 1. The molecule has 2 aromatic heterocycles. The topological polar surface area (TPSA) is 102 Å². The SMILES string of the molecule is COc1ccc2c3c([nH]c2c1)[C@@H](CO)N(C(=O)CN(C)C)CC31CCN(C(=O)c2ccncc2)CC1. The molecule has 4 heterocycles. The number of likely N-dealkylation sites (N-methyl/N-ethyl adjacent to an activating group) is 1. The van der Waals surface area contributed by atoms with E-state index in [1.165, 1.54) is 0 Å². The fourth-order valence-electron chi connectivity index (χ4n) is 5.85. The number of benzene rings is 1. The summed E-state index contributed by atoms with van der Waals surface area (Å²) in [7, 11) is 5.38. The normalized spacial score (nSPS) is 19.1. The molecule has 36 heavy (non-hydrogen) atoms. The number of H-pyrrole nitrogens is 1. The number of hydrogen-bond acceptors (Lipinski definition) is 6. The third-order valence-corrected chi connectivity index (χ3v) is 7.63. The highest BCUT2D eigenvalue weighted by Gasteiger charge is 2.49. The number of aliphatic hydroxyl groups is 1. The molecule has 0 aliphatic carbocycles. The maximum absolute atomic E-state index is 13.4. The van der Waals surface area contributed by atoms with E-state index >= 15 is 0 Å². The van der Waals surface area contributed by atoms with Gasteiger partial charge in [0.2, 0.25) is 5.91 Å². The summed E-state index contributed by atoms with van der Waals surface area (Å²) in [5.74, 6) is 0.727. The first-order chi connectivity index (χ1) is 17.4. The molecule has 0 unspecified atom stereocenters. The van der Waals surface area contributed by atoms with Crippen molar-refractivity contribution in [3.05, 3.63) is 59.5 Å². The van der Waals surface area contributed by atoms with Crippen molar-refractivity contribution in [1.29, 1.82) is 0 Å². The number of carbonyl (C=O) groups excluding carboxylic acids is 2. The van der Waals surface area contributed by atoms with Gasteiger partial charge in [0.05, 0.1) is 26.3 Å². The Morgan fingerprint density at radius 3 is 2.56 bits per heavy atom. The second-order valence-electron chi connectivity index (χ2n) is 10.1. The number of pyridine rings is 1. The number of aromatic amines is 1. The smallest absolute Gasteiger partial charge is 0.253 e. The fourth-order valence-corrected chi connectivity index (χ4v) is 5.85. The van der Waals surface area contributed by atoms with Crippen molar-refractivity contribution in [2.24, 2.45) is 0 Å². The molecule has 1 atom stereocenters. The van der Waals surface area contributed by atoms with E-state index in [4.69, 9.17) is 4.74 Å². The van der Waals surface area contributed by atoms with Crippen LogP contribution in [0.15, 0.2) is 42.7 Å². The van der Waals surface area contributed by atoms with Gasteiger partial charge in [-0.1, -0.05) is 0 Å². The molecule has 1 fully saturated rings. The Balaban J connectivity index is 1.55. The summed E-state index contributed by atoms with van der Waals surface area (Å²) in [6.07, 6.45) is 4.71. The van der Waals surface area contributed by atoms with E-state index in [9.17, 15) is 14.7 Å². The molecule has 1 aromatic carbocycles. The first-order valence-electron chi connectivity index (χ1n) is 12.3. The summed E-state index contributed by atoms with van der Waals surface area (Å²) < 4.78 is 5.44. The van der Waals surface area contributed by atoms with Crippen molar-refractivity contribution in [1.82, 2.24) is 24.7 Å². The van der Waals surface area contributed by atoms with E-state index in [1.54, 1.807) is 31.6 Å². The zero-order valence-electron chi connectivity index (χ0n) is 21.0. The molecule has 1 spiro atoms. The second-order valence-corrected chi connectivity index (χ2v) is 10.1.